The van der Waals surface area contributed by atoms with Crippen LogP contribution in [-0.2, 0) is 9.63 Å². The lowest BCUT2D eigenvalue weighted by Crippen LogP contribution is -2.40. The van der Waals surface area contributed by atoms with E-state index in [2.05, 4.69) is 34.8 Å². The maximum atomic E-state index is 12.0. The molecule has 0 bridgehead atoms. The summed E-state index contributed by atoms with van der Waals surface area (Å²) < 4.78 is 0. The van der Waals surface area contributed by atoms with E-state index < -0.39 is 5.54 Å². The molecule has 0 aromatic heterocycles. The number of aliphatic imine (C=N–C) groups is 1. The van der Waals surface area contributed by atoms with Gasteiger partial charge in [-0.15, -0.1) is 0 Å². The molecule has 0 radical (unpaired) electrons. The van der Waals surface area contributed by atoms with Crippen molar-refractivity contribution in [3.05, 3.63) is 24.3 Å². The van der Waals surface area contributed by atoms with Gasteiger partial charge in [0.15, 0.2) is 5.54 Å². The number of hydroxylamine groups is 1. The van der Waals surface area contributed by atoms with E-state index in [0.29, 0.717) is 5.92 Å². The Bertz CT molecular complexity index is 424. The van der Waals surface area contributed by atoms with Crippen LogP contribution in [0.1, 0.15) is 26.7 Å². The van der Waals surface area contributed by atoms with E-state index >= 15 is 0 Å². The van der Waals surface area contributed by atoms with Crippen molar-refractivity contribution in [3.8, 4) is 0 Å². The van der Waals surface area contributed by atoms with Crippen molar-refractivity contribution in [2.75, 3.05) is 7.05 Å². The van der Waals surface area contributed by atoms with Gasteiger partial charge in [0.2, 0.25) is 0 Å². The summed E-state index contributed by atoms with van der Waals surface area (Å²) in [6, 6.07) is 0. The largest absolute Gasteiger partial charge is 0.369 e. The summed E-state index contributed by atoms with van der Waals surface area (Å²) in [4.78, 5) is 21.3. The minimum Gasteiger partial charge on any atom is -0.369 e. The van der Waals surface area contributed by atoms with Crippen LogP contribution in [0.3, 0.4) is 0 Å². The van der Waals surface area contributed by atoms with Crippen LogP contribution in [0, 0.1) is 11.8 Å². The lowest BCUT2D eigenvalue weighted by Gasteiger charge is -2.19. The molecule has 0 spiro atoms. The number of hydrogen-bond donors (Lipinski definition) is 1. The average molecular weight is 248 g/mol. The highest BCUT2D eigenvalue weighted by molar-refractivity contribution is 6.21. The number of carbonyl (C=O) groups is 1. The molecule has 0 saturated carbocycles. The molecular weight excluding hydrogens is 228 g/mol. The van der Waals surface area contributed by atoms with Crippen LogP contribution in [0.2, 0.25) is 0 Å². The van der Waals surface area contributed by atoms with Gasteiger partial charge >= 0.3 is 5.97 Å². The SMILES string of the molecule is CNOC(=O)C1(C(C)C)N=C1CC1C=CC=CC1. The Morgan fingerprint density at radius 3 is 2.94 bits per heavy atom. The first-order chi connectivity index (χ1) is 8.61. The fourth-order valence-electron chi connectivity index (χ4n) is 2.45. The highest BCUT2D eigenvalue weighted by atomic mass is 16.7. The standard InChI is InChI=1S/C14H20N2O2/c1-10(2)14(13(17)18-15-3)12(16-14)9-11-7-5-4-6-8-11/h4-7,10-11,15H,8-9H2,1-3H3. The number of carbonyl (C=O) groups excluding carboxylic acids is 1. The highest BCUT2D eigenvalue weighted by Gasteiger charge is 2.57. The third-order valence-electron chi connectivity index (χ3n) is 3.57. The Balaban J connectivity index is 1.99. The van der Waals surface area contributed by atoms with Crippen LogP contribution >= 0.6 is 0 Å². The van der Waals surface area contributed by atoms with Gasteiger partial charge in [0, 0.05) is 7.05 Å². The highest BCUT2D eigenvalue weighted by Crippen LogP contribution is 2.40. The second kappa shape index (κ2) is 5.06. The smallest absolute Gasteiger partial charge is 0.358 e. The number of allylic oxidation sites excluding steroid dienone is 4. The van der Waals surface area contributed by atoms with Crippen LogP contribution in [0.25, 0.3) is 0 Å². The monoisotopic (exact) mass is 248 g/mol. The molecule has 2 aliphatic rings. The van der Waals surface area contributed by atoms with Crippen molar-refractivity contribution in [1.82, 2.24) is 5.48 Å². The summed E-state index contributed by atoms with van der Waals surface area (Å²) in [7, 11) is 1.59. The van der Waals surface area contributed by atoms with Crippen molar-refractivity contribution in [2.45, 2.75) is 32.2 Å². The second-order valence-electron chi connectivity index (χ2n) is 5.09. The third-order valence-corrected chi connectivity index (χ3v) is 3.57. The third kappa shape index (κ3) is 2.25. The molecule has 98 valence electrons. The van der Waals surface area contributed by atoms with Gasteiger partial charge in [-0.2, -0.15) is 5.48 Å². The fraction of sp³-hybridized carbons (Fsp3) is 0.571. The van der Waals surface area contributed by atoms with Gasteiger partial charge in [-0.25, -0.2) is 4.79 Å². The first-order valence-electron chi connectivity index (χ1n) is 6.41. The van der Waals surface area contributed by atoms with Gasteiger partial charge in [-0.05, 0) is 24.7 Å². The lowest BCUT2D eigenvalue weighted by molar-refractivity contribution is -0.153. The molecule has 0 amide bonds. The first kappa shape index (κ1) is 13.0. The van der Waals surface area contributed by atoms with Crippen molar-refractivity contribution in [1.29, 1.82) is 0 Å². The fourth-order valence-corrected chi connectivity index (χ4v) is 2.45. The van der Waals surface area contributed by atoms with E-state index in [1.807, 2.05) is 13.8 Å². The first-order valence-corrected chi connectivity index (χ1v) is 6.41. The molecular formula is C14H20N2O2. The number of hydrogen-bond acceptors (Lipinski definition) is 4. The molecule has 1 N–H and O–H groups in total. The van der Waals surface area contributed by atoms with Gasteiger partial charge in [-0.1, -0.05) is 38.2 Å². The van der Waals surface area contributed by atoms with Gasteiger partial charge in [-0.3, -0.25) is 4.99 Å². The Labute approximate surface area is 108 Å². The molecule has 2 unspecified atom stereocenters. The molecule has 0 fully saturated rings. The number of nitrogens with zero attached hydrogens (tertiary/aromatic N) is 1. The molecule has 2 rings (SSSR count). The van der Waals surface area contributed by atoms with E-state index in [9.17, 15) is 4.79 Å². The molecule has 1 heterocycles. The van der Waals surface area contributed by atoms with Crippen LogP contribution in [-0.4, -0.2) is 24.3 Å². The molecule has 1 aliphatic heterocycles. The van der Waals surface area contributed by atoms with Crippen molar-refractivity contribution in [2.24, 2.45) is 16.8 Å². The van der Waals surface area contributed by atoms with Gasteiger partial charge < -0.3 is 4.84 Å². The normalized spacial score (nSPS) is 29.3. The predicted octanol–water partition coefficient (Wildman–Crippen LogP) is 2.04. The summed E-state index contributed by atoms with van der Waals surface area (Å²) in [5.41, 5.74) is 2.71. The summed E-state index contributed by atoms with van der Waals surface area (Å²) in [6.45, 7) is 4.01. The van der Waals surface area contributed by atoms with Gasteiger partial charge in [0.05, 0.1) is 5.71 Å². The minimum atomic E-state index is -0.710. The van der Waals surface area contributed by atoms with Gasteiger partial charge in [0.1, 0.15) is 0 Å². The maximum Gasteiger partial charge on any atom is 0.358 e. The molecule has 0 saturated heterocycles. The molecule has 1 aliphatic carbocycles. The summed E-state index contributed by atoms with van der Waals surface area (Å²) >= 11 is 0. The predicted molar refractivity (Wildman–Crippen MR) is 71.2 cm³/mol. The van der Waals surface area contributed by atoms with Crippen LogP contribution in [0.5, 0.6) is 0 Å². The molecule has 4 heteroatoms. The second-order valence-corrected chi connectivity index (χ2v) is 5.09. The van der Waals surface area contributed by atoms with E-state index in [-0.39, 0.29) is 11.9 Å². The summed E-state index contributed by atoms with van der Waals surface area (Å²) in [5.74, 6) is 0.304. The van der Waals surface area contributed by atoms with Crippen molar-refractivity contribution < 1.29 is 9.63 Å². The Kier molecular flexibility index (Phi) is 3.66. The Hall–Kier alpha value is -1.42. The van der Waals surface area contributed by atoms with Crippen LogP contribution in [0.4, 0.5) is 0 Å². The Morgan fingerprint density at radius 1 is 1.61 bits per heavy atom. The topological polar surface area (TPSA) is 50.7 Å². The van der Waals surface area contributed by atoms with Crippen LogP contribution in [0.15, 0.2) is 29.3 Å². The zero-order valence-corrected chi connectivity index (χ0v) is 11.1. The molecule has 4 nitrogen and oxygen atoms in total. The average Bonchev–Trinajstić information content (AvgIpc) is 3.06. The minimum absolute atomic E-state index is 0.136. The van der Waals surface area contributed by atoms with E-state index in [4.69, 9.17) is 4.84 Å². The maximum absolute atomic E-state index is 12.0. The van der Waals surface area contributed by atoms with Gasteiger partial charge in [0.25, 0.3) is 0 Å². The summed E-state index contributed by atoms with van der Waals surface area (Å²) in [6.07, 6.45) is 10.3. The van der Waals surface area contributed by atoms with Crippen molar-refractivity contribution >= 4 is 11.7 Å². The number of rotatable bonds is 5. The molecule has 18 heavy (non-hydrogen) atoms. The van der Waals surface area contributed by atoms with Crippen molar-refractivity contribution in [3.63, 3.8) is 0 Å². The lowest BCUT2D eigenvalue weighted by atomic mass is 9.85. The van der Waals surface area contributed by atoms with Crippen LogP contribution < -0.4 is 5.48 Å². The molecule has 2 atom stereocenters. The zero-order valence-electron chi connectivity index (χ0n) is 11.1. The number of nitrogens with one attached hydrogen (secondary N) is 1. The van der Waals surface area contributed by atoms with E-state index in [1.54, 1.807) is 7.05 Å². The Morgan fingerprint density at radius 2 is 2.39 bits per heavy atom. The van der Waals surface area contributed by atoms with E-state index in [0.717, 1.165) is 18.6 Å². The zero-order chi connectivity index (χ0) is 13.2. The summed E-state index contributed by atoms with van der Waals surface area (Å²) in [5, 5.41) is 0. The molecule has 0 aromatic carbocycles. The quantitative estimate of drug-likeness (QED) is 0.757. The van der Waals surface area contributed by atoms with E-state index in [1.165, 1.54) is 0 Å². The molecule has 0 aromatic rings.